The minimum Gasteiger partial charge on any atom is -0.381 e. The van der Waals surface area contributed by atoms with Crippen LogP contribution in [0, 0.1) is 17.8 Å². The minimum absolute atomic E-state index is 0.710. The third-order valence-electron chi connectivity index (χ3n) is 3.84. The van der Waals surface area contributed by atoms with Gasteiger partial charge in [-0.2, -0.15) is 0 Å². The molecule has 2 heteroatoms. The molecule has 1 atom stereocenters. The highest BCUT2D eigenvalue weighted by molar-refractivity contribution is 4.75. The number of ether oxygens (including phenoxy) is 1. The molecule has 1 rings (SSSR count). The molecule has 0 amide bonds. The monoisotopic (exact) mass is 227 g/mol. The van der Waals surface area contributed by atoms with Gasteiger partial charge in [-0.15, -0.1) is 0 Å². The molecule has 0 aromatic rings. The Labute approximate surface area is 101 Å². The van der Waals surface area contributed by atoms with Crippen LogP contribution in [0.4, 0.5) is 0 Å². The van der Waals surface area contributed by atoms with Crippen molar-refractivity contribution < 1.29 is 4.74 Å². The molecule has 0 bridgehead atoms. The van der Waals surface area contributed by atoms with Gasteiger partial charge in [-0.05, 0) is 37.1 Å². The van der Waals surface area contributed by atoms with Gasteiger partial charge in [0.15, 0.2) is 0 Å². The number of rotatable bonds is 8. The molecule has 2 nitrogen and oxygen atoms in total. The molecule has 0 radical (unpaired) electrons. The van der Waals surface area contributed by atoms with Crippen molar-refractivity contribution in [2.45, 2.75) is 52.4 Å². The van der Waals surface area contributed by atoms with E-state index >= 15 is 0 Å². The molecule has 0 aliphatic heterocycles. The fourth-order valence-corrected chi connectivity index (χ4v) is 2.63. The van der Waals surface area contributed by atoms with Crippen LogP contribution in [0.25, 0.3) is 0 Å². The van der Waals surface area contributed by atoms with Crippen LogP contribution in [0.3, 0.4) is 0 Å². The maximum Gasteiger partial charge on any atom is 0.0469 e. The van der Waals surface area contributed by atoms with E-state index in [0.717, 1.165) is 31.6 Å². The summed E-state index contributed by atoms with van der Waals surface area (Å²) in [4.78, 5) is 0. The quantitative estimate of drug-likeness (QED) is 0.646. The summed E-state index contributed by atoms with van der Waals surface area (Å²) >= 11 is 0. The molecule has 2 N–H and O–H groups in total. The number of nitrogens with two attached hydrogens (primary N) is 1. The van der Waals surface area contributed by atoms with Gasteiger partial charge in [0.25, 0.3) is 0 Å². The third kappa shape index (κ3) is 5.31. The average molecular weight is 227 g/mol. The van der Waals surface area contributed by atoms with E-state index < -0.39 is 0 Å². The van der Waals surface area contributed by atoms with Gasteiger partial charge in [0.05, 0.1) is 0 Å². The van der Waals surface area contributed by atoms with Gasteiger partial charge in [-0.25, -0.2) is 0 Å². The van der Waals surface area contributed by atoms with Gasteiger partial charge < -0.3 is 10.5 Å². The van der Waals surface area contributed by atoms with Crippen LogP contribution in [0.1, 0.15) is 52.4 Å². The van der Waals surface area contributed by atoms with Crippen molar-refractivity contribution in [3.05, 3.63) is 0 Å². The average Bonchev–Trinajstić information content (AvgIpc) is 2.76. The number of hydrogen-bond acceptors (Lipinski definition) is 2. The van der Waals surface area contributed by atoms with E-state index in [1.807, 2.05) is 0 Å². The normalized spacial score (nSPS) is 19.5. The molecule has 0 saturated heterocycles. The van der Waals surface area contributed by atoms with Gasteiger partial charge >= 0.3 is 0 Å². The van der Waals surface area contributed by atoms with Crippen molar-refractivity contribution in [3.63, 3.8) is 0 Å². The second kappa shape index (κ2) is 8.08. The van der Waals surface area contributed by atoms with Gasteiger partial charge in [0.1, 0.15) is 0 Å². The van der Waals surface area contributed by atoms with Gasteiger partial charge in [0.2, 0.25) is 0 Å². The van der Waals surface area contributed by atoms with Crippen molar-refractivity contribution >= 4 is 0 Å². The van der Waals surface area contributed by atoms with Crippen molar-refractivity contribution in [1.29, 1.82) is 0 Å². The van der Waals surface area contributed by atoms with E-state index in [1.165, 1.54) is 38.5 Å². The standard InChI is InChI=1S/C14H29NO/c1-12(2)7-9-16-10-8-14(11-15)13-5-3-4-6-13/h12-14H,3-11,15H2,1-2H3. The predicted molar refractivity (Wildman–Crippen MR) is 69.4 cm³/mol. The molecular formula is C14H29NO. The maximum absolute atomic E-state index is 5.86. The Morgan fingerprint density at radius 2 is 1.75 bits per heavy atom. The van der Waals surface area contributed by atoms with E-state index in [4.69, 9.17) is 10.5 Å². The lowest BCUT2D eigenvalue weighted by atomic mass is 9.88. The first-order valence-electron chi connectivity index (χ1n) is 7.01. The molecule has 0 aromatic carbocycles. The Morgan fingerprint density at radius 3 is 2.31 bits per heavy atom. The summed E-state index contributed by atoms with van der Waals surface area (Å²) < 4.78 is 5.68. The molecule has 0 aromatic heterocycles. The summed E-state index contributed by atoms with van der Waals surface area (Å²) in [5.41, 5.74) is 5.86. The zero-order chi connectivity index (χ0) is 11.8. The van der Waals surface area contributed by atoms with Crippen molar-refractivity contribution in [2.24, 2.45) is 23.5 Å². The maximum atomic E-state index is 5.86. The molecule has 16 heavy (non-hydrogen) atoms. The van der Waals surface area contributed by atoms with Crippen molar-refractivity contribution in [2.75, 3.05) is 19.8 Å². The van der Waals surface area contributed by atoms with Gasteiger partial charge in [0, 0.05) is 13.2 Å². The largest absolute Gasteiger partial charge is 0.381 e. The molecule has 0 heterocycles. The summed E-state index contributed by atoms with van der Waals surface area (Å²) in [5.74, 6) is 2.35. The second-order valence-corrected chi connectivity index (χ2v) is 5.62. The van der Waals surface area contributed by atoms with Crippen LogP contribution in [0.5, 0.6) is 0 Å². The van der Waals surface area contributed by atoms with Crippen LogP contribution >= 0.6 is 0 Å². The van der Waals surface area contributed by atoms with E-state index in [0.29, 0.717) is 5.92 Å². The smallest absolute Gasteiger partial charge is 0.0469 e. The van der Waals surface area contributed by atoms with Crippen molar-refractivity contribution in [1.82, 2.24) is 0 Å². The highest BCUT2D eigenvalue weighted by atomic mass is 16.5. The van der Waals surface area contributed by atoms with E-state index in [2.05, 4.69) is 13.8 Å². The highest BCUT2D eigenvalue weighted by Crippen LogP contribution is 2.32. The zero-order valence-electron chi connectivity index (χ0n) is 11.1. The van der Waals surface area contributed by atoms with E-state index in [1.54, 1.807) is 0 Å². The number of hydrogen-bond donors (Lipinski definition) is 1. The Bertz CT molecular complexity index is 164. The fourth-order valence-electron chi connectivity index (χ4n) is 2.63. The topological polar surface area (TPSA) is 35.2 Å². The lowest BCUT2D eigenvalue weighted by molar-refractivity contribution is 0.103. The molecule has 1 fully saturated rings. The molecule has 96 valence electrons. The molecule has 1 aliphatic carbocycles. The highest BCUT2D eigenvalue weighted by Gasteiger charge is 2.23. The van der Waals surface area contributed by atoms with Gasteiger partial charge in [-0.3, -0.25) is 0 Å². The Kier molecular flexibility index (Phi) is 7.06. The zero-order valence-corrected chi connectivity index (χ0v) is 11.1. The van der Waals surface area contributed by atoms with Crippen LogP contribution < -0.4 is 5.73 Å². The first kappa shape index (κ1) is 14.0. The minimum atomic E-state index is 0.710. The predicted octanol–water partition coefficient (Wildman–Crippen LogP) is 3.20. The van der Waals surface area contributed by atoms with Crippen LogP contribution in [0.15, 0.2) is 0 Å². The Hall–Kier alpha value is -0.0800. The Morgan fingerprint density at radius 1 is 1.12 bits per heavy atom. The van der Waals surface area contributed by atoms with Crippen LogP contribution in [-0.2, 0) is 4.74 Å². The van der Waals surface area contributed by atoms with Crippen LogP contribution in [-0.4, -0.2) is 19.8 Å². The SMILES string of the molecule is CC(C)CCOCCC(CN)C1CCCC1. The molecule has 1 aliphatic rings. The third-order valence-corrected chi connectivity index (χ3v) is 3.84. The lowest BCUT2D eigenvalue weighted by Crippen LogP contribution is -2.23. The second-order valence-electron chi connectivity index (χ2n) is 5.62. The summed E-state index contributed by atoms with van der Waals surface area (Å²) in [6, 6.07) is 0. The molecule has 1 saturated carbocycles. The fraction of sp³-hybridized carbons (Fsp3) is 1.00. The lowest BCUT2D eigenvalue weighted by Gasteiger charge is -2.21. The summed E-state index contributed by atoms with van der Waals surface area (Å²) in [6.45, 7) is 7.15. The molecule has 1 unspecified atom stereocenters. The molecule has 0 spiro atoms. The molecular weight excluding hydrogens is 198 g/mol. The first-order chi connectivity index (χ1) is 7.74. The first-order valence-corrected chi connectivity index (χ1v) is 7.01. The summed E-state index contributed by atoms with van der Waals surface area (Å²) in [5, 5.41) is 0. The Balaban J connectivity index is 2.04. The summed E-state index contributed by atoms with van der Waals surface area (Å²) in [6.07, 6.45) is 7.96. The van der Waals surface area contributed by atoms with Gasteiger partial charge in [-0.1, -0.05) is 39.5 Å². The van der Waals surface area contributed by atoms with E-state index in [9.17, 15) is 0 Å². The van der Waals surface area contributed by atoms with Crippen molar-refractivity contribution in [3.8, 4) is 0 Å². The summed E-state index contributed by atoms with van der Waals surface area (Å²) in [7, 11) is 0. The van der Waals surface area contributed by atoms with E-state index in [-0.39, 0.29) is 0 Å². The van der Waals surface area contributed by atoms with Crippen LogP contribution in [0.2, 0.25) is 0 Å².